The van der Waals surface area contributed by atoms with E-state index in [1.165, 1.54) is 22.3 Å². The molecule has 0 aliphatic heterocycles. The minimum Gasteiger partial charge on any atom is -0.481 e. The number of ether oxygens (including phenoxy) is 1. The lowest BCUT2D eigenvalue weighted by molar-refractivity contribution is -0.137. The minimum absolute atomic E-state index is 0.0247. The number of alkyl carbamates (subject to hydrolysis) is 1. The highest BCUT2D eigenvalue weighted by Crippen LogP contribution is 2.44. The van der Waals surface area contributed by atoms with Crippen LogP contribution in [0.25, 0.3) is 11.1 Å². The van der Waals surface area contributed by atoms with Crippen molar-refractivity contribution in [3.63, 3.8) is 0 Å². The first kappa shape index (κ1) is 22.8. The first-order valence-electron chi connectivity index (χ1n) is 11.6. The number of hydrogen-bond donors (Lipinski definition) is 3. The molecule has 0 heterocycles. The maximum absolute atomic E-state index is 12.4. The Morgan fingerprint density at radius 3 is 2.27 bits per heavy atom. The molecule has 2 aliphatic rings. The topological polar surface area (TPSA) is 105 Å². The highest BCUT2D eigenvalue weighted by atomic mass is 16.5. The molecule has 2 aliphatic carbocycles. The Morgan fingerprint density at radius 2 is 1.61 bits per heavy atom. The molecule has 0 bridgehead atoms. The van der Waals surface area contributed by atoms with Crippen molar-refractivity contribution in [3.8, 4) is 11.1 Å². The fourth-order valence-electron chi connectivity index (χ4n) is 5.03. The van der Waals surface area contributed by atoms with Crippen molar-refractivity contribution in [2.75, 3.05) is 19.7 Å². The lowest BCUT2D eigenvalue weighted by Crippen LogP contribution is -2.38. The van der Waals surface area contributed by atoms with Crippen LogP contribution in [-0.4, -0.2) is 42.8 Å². The maximum atomic E-state index is 12.4. The summed E-state index contributed by atoms with van der Waals surface area (Å²) in [5.74, 6) is -0.931. The monoisotopic (exact) mass is 450 g/mol. The number of fused-ring (bicyclic) bond motifs is 3. The van der Waals surface area contributed by atoms with Crippen molar-refractivity contribution < 1.29 is 24.2 Å². The molecule has 2 atom stereocenters. The molecule has 1 fully saturated rings. The van der Waals surface area contributed by atoms with Gasteiger partial charge in [-0.2, -0.15) is 0 Å². The third kappa shape index (κ3) is 5.53. The molecule has 7 heteroatoms. The first-order valence-corrected chi connectivity index (χ1v) is 11.6. The molecule has 174 valence electrons. The third-order valence-corrected chi connectivity index (χ3v) is 6.67. The van der Waals surface area contributed by atoms with Gasteiger partial charge in [-0.3, -0.25) is 9.59 Å². The number of carboxylic acid groups (broad SMARTS) is 1. The SMILES string of the molecule is O=C(O)CCNC(=O)C1CCCC(CNC(=O)OCC2c3ccccc3-c3ccccc32)C1. The number of carbonyl (C=O) groups excluding carboxylic acids is 2. The van der Waals surface area contributed by atoms with Crippen molar-refractivity contribution in [2.24, 2.45) is 11.8 Å². The Balaban J connectivity index is 1.25. The summed E-state index contributed by atoms with van der Waals surface area (Å²) in [7, 11) is 0. The highest BCUT2D eigenvalue weighted by Gasteiger charge is 2.30. The molecule has 0 spiro atoms. The minimum atomic E-state index is -0.927. The summed E-state index contributed by atoms with van der Waals surface area (Å²) >= 11 is 0. The second-order valence-electron chi connectivity index (χ2n) is 8.87. The first-order chi connectivity index (χ1) is 16.0. The molecule has 2 aromatic carbocycles. The smallest absolute Gasteiger partial charge is 0.407 e. The van der Waals surface area contributed by atoms with Crippen LogP contribution in [0.4, 0.5) is 4.79 Å². The van der Waals surface area contributed by atoms with Crippen LogP contribution in [0.5, 0.6) is 0 Å². The quantitative estimate of drug-likeness (QED) is 0.565. The summed E-state index contributed by atoms with van der Waals surface area (Å²) in [6, 6.07) is 16.4. The largest absolute Gasteiger partial charge is 0.481 e. The van der Waals surface area contributed by atoms with Crippen LogP contribution in [0.2, 0.25) is 0 Å². The Kier molecular flexibility index (Phi) is 7.27. The van der Waals surface area contributed by atoms with Gasteiger partial charge in [0.25, 0.3) is 0 Å². The van der Waals surface area contributed by atoms with E-state index in [1.807, 2.05) is 24.3 Å². The second kappa shape index (κ2) is 10.5. The van der Waals surface area contributed by atoms with Gasteiger partial charge in [-0.1, -0.05) is 55.0 Å². The third-order valence-electron chi connectivity index (χ3n) is 6.67. The van der Waals surface area contributed by atoms with Gasteiger partial charge in [0.15, 0.2) is 0 Å². The van der Waals surface area contributed by atoms with Gasteiger partial charge in [-0.05, 0) is 47.4 Å². The van der Waals surface area contributed by atoms with Crippen LogP contribution >= 0.6 is 0 Å². The van der Waals surface area contributed by atoms with E-state index in [1.54, 1.807) is 0 Å². The molecule has 2 amide bonds. The average molecular weight is 451 g/mol. The van der Waals surface area contributed by atoms with E-state index in [0.29, 0.717) is 13.0 Å². The van der Waals surface area contributed by atoms with Gasteiger partial charge in [0.1, 0.15) is 6.61 Å². The Morgan fingerprint density at radius 1 is 0.939 bits per heavy atom. The Labute approximate surface area is 193 Å². The van der Waals surface area contributed by atoms with Gasteiger partial charge in [-0.25, -0.2) is 4.79 Å². The number of aliphatic carboxylic acids is 1. The number of carbonyl (C=O) groups is 3. The van der Waals surface area contributed by atoms with Gasteiger partial charge in [0.2, 0.25) is 5.91 Å². The molecule has 0 radical (unpaired) electrons. The van der Waals surface area contributed by atoms with E-state index < -0.39 is 12.1 Å². The summed E-state index contributed by atoms with van der Waals surface area (Å²) in [6.07, 6.45) is 2.81. The summed E-state index contributed by atoms with van der Waals surface area (Å²) in [6.45, 7) is 0.891. The predicted octanol–water partition coefficient (Wildman–Crippen LogP) is 3.92. The molecule has 2 unspecified atom stereocenters. The van der Waals surface area contributed by atoms with Crippen LogP contribution in [-0.2, 0) is 14.3 Å². The number of nitrogens with one attached hydrogen (secondary N) is 2. The average Bonchev–Trinajstić information content (AvgIpc) is 3.15. The molecular weight excluding hydrogens is 420 g/mol. The van der Waals surface area contributed by atoms with Crippen molar-refractivity contribution in [1.82, 2.24) is 10.6 Å². The highest BCUT2D eigenvalue weighted by molar-refractivity contribution is 5.80. The van der Waals surface area contributed by atoms with Crippen LogP contribution in [0, 0.1) is 11.8 Å². The maximum Gasteiger partial charge on any atom is 0.407 e. The molecule has 1 saturated carbocycles. The van der Waals surface area contributed by atoms with Gasteiger partial charge >= 0.3 is 12.1 Å². The lowest BCUT2D eigenvalue weighted by Gasteiger charge is -2.28. The Hall–Kier alpha value is -3.35. The molecule has 33 heavy (non-hydrogen) atoms. The lowest BCUT2D eigenvalue weighted by atomic mass is 9.81. The van der Waals surface area contributed by atoms with Crippen LogP contribution in [0.3, 0.4) is 0 Å². The fraction of sp³-hybridized carbons (Fsp3) is 0.423. The van der Waals surface area contributed by atoms with Crippen molar-refractivity contribution in [3.05, 3.63) is 59.7 Å². The van der Waals surface area contributed by atoms with E-state index in [9.17, 15) is 14.4 Å². The molecule has 2 aromatic rings. The molecule has 0 saturated heterocycles. The fourth-order valence-corrected chi connectivity index (χ4v) is 5.03. The van der Waals surface area contributed by atoms with Crippen LogP contribution in [0.15, 0.2) is 48.5 Å². The number of carboxylic acids is 1. The molecular formula is C26H30N2O5. The number of rotatable bonds is 8. The van der Waals surface area contributed by atoms with E-state index in [2.05, 4.69) is 34.9 Å². The molecule has 3 N–H and O–H groups in total. The van der Waals surface area contributed by atoms with Gasteiger partial charge in [-0.15, -0.1) is 0 Å². The Bertz CT molecular complexity index is 976. The molecule has 4 rings (SSSR count). The van der Waals surface area contributed by atoms with E-state index in [-0.39, 0.29) is 43.2 Å². The predicted molar refractivity (Wildman–Crippen MR) is 124 cm³/mol. The second-order valence-corrected chi connectivity index (χ2v) is 8.87. The molecule has 0 aromatic heterocycles. The van der Waals surface area contributed by atoms with Gasteiger partial charge in [0, 0.05) is 24.9 Å². The summed E-state index contributed by atoms with van der Waals surface area (Å²) in [5, 5.41) is 14.3. The number of hydrogen-bond acceptors (Lipinski definition) is 4. The van der Waals surface area contributed by atoms with E-state index in [0.717, 1.165) is 19.3 Å². The summed E-state index contributed by atoms with van der Waals surface area (Å²) in [5.41, 5.74) is 4.74. The number of amides is 2. The van der Waals surface area contributed by atoms with Crippen molar-refractivity contribution >= 4 is 18.0 Å². The van der Waals surface area contributed by atoms with Gasteiger partial charge < -0.3 is 20.5 Å². The summed E-state index contributed by atoms with van der Waals surface area (Å²) in [4.78, 5) is 35.3. The van der Waals surface area contributed by atoms with E-state index >= 15 is 0 Å². The normalized spacial score (nSPS) is 19.3. The van der Waals surface area contributed by atoms with E-state index in [4.69, 9.17) is 9.84 Å². The van der Waals surface area contributed by atoms with Crippen molar-refractivity contribution in [2.45, 2.75) is 38.0 Å². The molecule has 7 nitrogen and oxygen atoms in total. The summed E-state index contributed by atoms with van der Waals surface area (Å²) < 4.78 is 5.60. The van der Waals surface area contributed by atoms with Crippen molar-refractivity contribution in [1.29, 1.82) is 0 Å². The zero-order valence-electron chi connectivity index (χ0n) is 18.6. The van der Waals surface area contributed by atoms with Crippen LogP contribution in [0.1, 0.15) is 49.1 Å². The number of benzene rings is 2. The zero-order valence-corrected chi connectivity index (χ0v) is 18.6. The standard InChI is InChI=1S/C26H30N2O5/c29-24(30)12-13-27-25(31)18-7-5-6-17(14-18)15-28-26(32)33-16-23-21-10-3-1-8-19(21)20-9-2-4-11-22(20)23/h1-4,8-11,17-18,23H,5-7,12-16H2,(H,27,31)(H,28,32)(H,29,30). The van der Waals surface area contributed by atoms with Gasteiger partial charge in [0.05, 0.1) is 6.42 Å². The van der Waals surface area contributed by atoms with Crippen LogP contribution < -0.4 is 10.6 Å². The zero-order chi connectivity index (χ0) is 23.2.